The molecule has 0 saturated carbocycles. The van der Waals surface area contributed by atoms with E-state index in [1.807, 2.05) is 27.5 Å². The van der Waals surface area contributed by atoms with Crippen LogP contribution in [0.4, 0.5) is 26.0 Å². The van der Waals surface area contributed by atoms with Crippen molar-refractivity contribution in [3.05, 3.63) is 82.4 Å². The number of anilines is 3. The molecule has 6 aliphatic heterocycles. The van der Waals surface area contributed by atoms with Crippen molar-refractivity contribution >= 4 is 46.5 Å². The van der Waals surface area contributed by atoms with Gasteiger partial charge in [0, 0.05) is 130 Å². The molecule has 0 bridgehead atoms. The van der Waals surface area contributed by atoms with Crippen molar-refractivity contribution in [2.24, 2.45) is 5.92 Å². The largest absolute Gasteiger partial charge is 0.496 e. The number of benzene rings is 2. The van der Waals surface area contributed by atoms with Crippen LogP contribution in [0.3, 0.4) is 0 Å². The number of pyridine rings is 1. The summed E-state index contributed by atoms with van der Waals surface area (Å²) >= 11 is 0. The number of piperidine rings is 2. The van der Waals surface area contributed by atoms with E-state index in [2.05, 4.69) is 29.7 Å². The molecule has 16 nitrogen and oxygen atoms in total. The van der Waals surface area contributed by atoms with E-state index in [0.717, 1.165) is 98.0 Å². The smallest absolute Gasteiger partial charge is 0.264 e. The summed E-state index contributed by atoms with van der Waals surface area (Å²) in [5.41, 5.74) is 7.65. The number of carbonyl (C=O) groups excluding carboxylic acids is 4. The molecule has 0 spiro atoms. The molecular formula is C49H54F2N10O6. The van der Waals surface area contributed by atoms with E-state index in [0.29, 0.717) is 78.8 Å². The number of nitrogens with one attached hydrogen (secondary N) is 1. The summed E-state index contributed by atoms with van der Waals surface area (Å²) < 4.78 is 45.8. The summed E-state index contributed by atoms with van der Waals surface area (Å²) in [5.74, 6) is 1.19. The van der Waals surface area contributed by atoms with Crippen molar-refractivity contribution in [1.82, 2.24) is 39.2 Å². The van der Waals surface area contributed by atoms with Gasteiger partial charge in [0.25, 0.3) is 12.3 Å². The first-order valence-corrected chi connectivity index (χ1v) is 23.4. The molecular weight excluding hydrogens is 863 g/mol. The minimum Gasteiger partial charge on any atom is -0.496 e. The lowest BCUT2D eigenvalue weighted by atomic mass is 9.91. The number of rotatable bonds is 10. The number of alkyl halides is 2. The predicted octanol–water partition coefficient (Wildman–Crippen LogP) is 5.68. The van der Waals surface area contributed by atoms with Gasteiger partial charge in [-0.25, -0.2) is 13.8 Å². The van der Waals surface area contributed by atoms with Crippen LogP contribution < -0.4 is 24.6 Å². The normalized spacial score (nSPS) is 20.3. The topological polar surface area (TPSA) is 150 Å². The number of hydrogen-bond donors (Lipinski definition) is 1. The van der Waals surface area contributed by atoms with Gasteiger partial charge in [0.05, 0.1) is 38.6 Å². The Morgan fingerprint density at radius 3 is 2.45 bits per heavy atom. The van der Waals surface area contributed by atoms with Crippen LogP contribution in [0.25, 0.3) is 16.8 Å². The van der Waals surface area contributed by atoms with E-state index in [4.69, 9.17) is 14.6 Å². The Labute approximate surface area is 386 Å². The van der Waals surface area contributed by atoms with Crippen LogP contribution in [0.2, 0.25) is 0 Å². The van der Waals surface area contributed by atoms with Gasteiger partial charge in [-0.15, -0.1) is 0 Å². The molecule has 3 aromatic heterocycles. The molecule has 1 atom stereocenters. The molecule has 18 heteroatoms. The van der Waals surface area contributed by atoms with Gasteiger partial charge in [-0.3, -0.25) is 29.2 Å². The lowest BCUT2D eigenvalue weighted by molar-refractivity contribution is -0.137. The number of imidazole rings is 1. The maximum atomic E-state index is 15.2. The fourth-order valence-corrected chi connectivity index (χ4v) is 11.4. The number of aryl methyl sites for hydroxylation is 1. The Morgan fingerprint density at radius 2 is 1.70 bits per heavy atom. The van der Waals surface area contributed by atoms with Gasteiger partial charge < -0.3 is 38.4 Å². The Morgan fingerprint density at radius 1 is 0.896 bits per heavy atom. The van der Waals surface area contributed by atoms with Crippen LogP contribution in [-0.4, -0.2) is 124 Å². The zero-order valence-electron chi connectivity index (χ0n) is 38.0. The van der Waals surface area contributed by atoms with Crippen molar-refractivity contribution in [1.29, 1.82) is 0 Å². The Hall–Kier alpha value is -6.56. The van der Waals surface area contributed by atoms with Crippen molar-refractivity contribution < 1.29 is 37.4 Å². The van der Waals surface area contributed by atoms with Gasteiger partial charge in [0.1, 0.15) is 23.2 Å². The number of amides is 4. The van der Waals surface area contributed by atoms with Gasteiger partial charge in [0.2, 0.25) is 17.7 Å². The molecule has 3 fully saturated rings. The van der Waals surface area contributed by atoms with Crippen molar-refractivity contribution in [2.75, 3.05) is 69.8 Å². The highest BCUT2D eigenvalue weighted by molar-refractivity contribution is 6.07. The lowest BCUT2D eigenvalue weighted by Gasteiger charge is -2.44. The summed E-state index contributed by atoms with van der Waals surface area (Å²) in [7, 11) is 3.10. The van der Waals surface area contributed by atoms with Crippen LogP contribution in [0.1, 0.15) is 89.8 Å². The SMILES string of the molecule is COc1cn2ccnc2cc1-c1cc2c(cc1C(F)F)N(c1nn(C3CCN(CC4CN(c5cc6c(c(OC)c5)C(=O)N(C5CCC(=O)NC5=O)C6)C4)CC3)c3c1CN(C(C)=O)CC3)CCC2. The second kappa shape index (κ2) is 16.9. The maximum absolute atomic E-state index is 15.2. The summed E-state index contributed by atoms with van der Waals surface area (Å²) in [6.45, 7) is 8.07. The van der Waals surface area contributed by atoms with Crippen LogP contribution in [0.15, 0.2) is 48.9 Å². The molecule has 67 heavy (non-hydrogen) atoms. The molecule has 2 aromatic carbocycles. The zero-order valence-corrected chi connectivity index (χ0v) is 38.0. The van der Waals surface area contributed by atoms with E-state index >= 15 is 8.78 Å². The van der Waals surface area contributed by atoms with Crippen molar-refractivity contribution in [2.45, 2.75) is 83.5 Å². The highest BCUT2D eigenvalue weighted by atomic mass is 19.3. The predicted molar refractivity (Wildman–Crippen MR) is 244 cm³/mol. The van der Waals surface area contributed by atoms with Crippen LogP contribution in [-0.2, 0) is 40.3 Å². The van der Waals surface area contributed by atoms with E-state index in [-0.39, 0.29) is 35.7 Å². The first-order valence-electron chi connectivity index (χ1n) is 23.4. The summed E-state index contributed by atoms with van der Waals surface area (Å²) in [6.07, 6.45) is 7.04. The molecule has 1 N–H and O–H groups in total. The number of ether oxygens (including phenoxy) is 2. The Balaban J connectivity index is 0.793. The molecule has 4 amide bonds. The van der Waals surface area contributed by atoms with Crippen LogP contribution >= 0.6 is 0 Å². The fourth-order valence-electron chi connectivity index (χ4n) is 11.4. The van der Waals surface area contributed by atoms with E-state index in [1.165, 1.54) is 0 Å². The molecule has 5 aromatic rings. The van der Waals surface area contributed by atoms with Crippen molar-refractivity contribution in [3.8, 4) is 22.6 Å². The zero-order chi connectivity index (χ0) is 46.2. The summed E-state index contributed by atoms with van der Waals surface area (Å²) in [4.78, 5) is 65.5. The lowest BCUT2D eigenvalue weighted by Crippen LogP contribution is -2.52. The number of imide groups is 1. The third kappa shape index (κ3) is 7.52. The minimum absolute atomic E-state index is 0.00104. The monoisotopic (exact) mass is 916 g/mol. The molecule has 350 valence electrons. The minimum atomic E-state index is -2.74. The number of nitrogens with zero attached hydrogens (tertiary/aromatic N) is 9. The number of halogens is 2. The Bertz CT molecular complexity index is 2830. The number of carbonyl (C=O) groups is 4. The van der Waals surface area contributed by atoms with Gasteiger partial charge in [-0.2, -0.15) is 5.10 Å². The number of aromatic nitrogens is 4. The molecule has 6 aliphatic rings. The second-order valence-electron chi connectivity index (χ2n) is 18.8. The molecule has 3 saturated heterocycles. The summed E-state index contributed by atoms with van der Waals surface area (Å²) in [5, 5.41) is 7.74. The first-order chi connectivity index (χ1) is 32.5. The van der Waals surface area contributed by atoms with E-state index in [1.54, 1.807) is 56.8 Å². The molecule has 0 aliphatic carbocycles. The number of likely N-dealkylation sites (tertiary alicyclic amines) is 1. The van der Waals surface area contributed by atoms with Crippen LogP contribution in [0, 0.1) is 5.92 Å². The fraction of sp³-hybridized carbons (Fsp3) is 0.469. The highest BCUT2D eigenvalue weighted by Gasteiger charge is 2.42. The average molecular weight is 917 g/mol. The van der Waals surface area contributed by atoms with E-state index < -0.39 is 18.4 Å². The van der Waals surface area contributed by atoms with Gasteiger partial charge in [0.15, 0.2) is 5.82 Å². The van der Waals surface area contributed by atoms with E-state index in [9.17, 15) is 19.2 Å². The average Bonchev–Trinajstić information content (AvgIpc) is 4.03. The third-order valence-corrected chi connectivity index (χ3v) is 14.9. The van der Waals surface area contributed by atoms with Gasteiger partial charge >= 0.3 is 0 Å². The molecule has 9 heterocycles. The highest BCUT2D eigenvalue weighted by Crippen LogP contribution is 2.46. The molecule has 11 rings (SSSR count). The standard InChI is InChI=1S/C49H54F2N10O6/c1-28(62)56-15-10-38-37(26-56)47(59-12-4-5-30-18-34(36(46(50)51)20-40(30)59)35-21-43-52-11-16-57(43)27-42(35)67-3)54-61(38)32-8-13-55(14-9-32)22-29-23-58(24-29)33-17-31-25-60(39-6-7-44(63)53-48(39)64)49(65)45(31)41(19-33)66-2/h11,16-21,27,29,32,39,46H,4-10,12-15,22-26H2,1-3H3,(H,53,63,64). The quantitative estimate of drug-likeness (QED) is 0.173. The molecule has 1 unspecified atom stereocenters. The van der Waals surface area contributed by atoms with Crippen molar-refractivity contribution in [3.63, 3.8) is 0 Å². The third-order valence-electron chi connectivity index (χ3n) is 14.9. The van der Waals surface area contributed by atoms with Crippen LogP contribution in [0.5, 0.6) is 11.5 Å². The second-order valence-corrected chi connectivity index (χ2v) is 18.8. The Kier molecular flexibility index (Phi) is 10.9. The number of methoxy groups -OCH3 is 2. The number of fused-ring (bicyclic) bond motifs is 4. The molecule has 0 radical (unpaired) electrons. The first kappa shape index (κ1) is 43.0. The maximum Gasteiger partial charge on any atom is 0.264 e. The van der Waals surface area contributed by atoms with Gasteiger partial charge in [-0.1, -0.05) is 0 Å². The number of hydrogen-bond acceptors (Lipinski definition) is 11. The van der Waals surface area contributed by atoms with Gasteiger partial charge in [-0.05, 0) is 73.1 Å². The summed E-state index contributed by atoms with van der Waals surface area (Å²) in [6, 6.07) is 8.76.